The lowest BCUT2D eigenvalue weighted by atomic mass is 9.48. The monoisotopic (exact) mass is 378 g/mol. The van der Waals surface area contributed by atoms with E-state index in [1.807, 2.05) is 0 Å². The molecular weight excluding hydrogens is 348 g/mol. The first-order valence-corrected chi connectivity index (χ1v) is 11.4. The molecule has 0 atom stereocenters. The van der Waals surface area contributed by atoms with Crippen LogP contribution in [0.15, 0.2) is 72.8 Å². The third-order valence-corrected chi connectivity index (χ3v) is 8.05. The van der Waals surface area contributed by atoms with Crippen molar-refractivity contribution in [3.05, 3.63) is 83.9 Å². The van der Waals surface area contributed by atoms with Crippen LogP contribution >= 0.6 is 0 Å². The van der Waals surface area contributed by atoms with Gasteiger partial charge in [0.15, 0.2) is 0 Å². The Balaban J connectivity index is 1.36. The second kappa shape index (κ2) is 6.59. The predicted molar refractivity (Wildman–Crippen MR) is 122 cm³/mol. The van der Waals surface area contributed by atoms with Crippen LogP contribution in [0.25, 0.3) is 22.3 Å². The molecule has 29 heavy (non-hydrogen) atoms. The number of rotatable bonds is 3. The Bertz CT molecular complexity index is 990. The SMILES string of the molecule is Cc1cc(-c2ccc(-c3ccccc3)cc2)cc(C23CC4CC(CC(C4)C2)C3)c1. The van der Waals surface area contributed by atoms with E-state index in [9.17, 15) is 0 Å². The minimum Gasteiger partial charge on any atom is -0.0622 e. The zero-order chi connectivity index (χ0) is 19.4. The van der Waals surface area contributed by atoms with Crippen LogP contribution in [-0.4, -0.2) is 0 Å². The lowest BCUT2D eigenvalue weighted by molar-refractivity contribution is -0.00519. The molecule has 0 nitrogen and oxygen atoms in total. The summed E-state index contributed by atoms with van der Waals surface area (Å²) in [5, 5.41) is 0. The average molecular weight is 379 g/mol. The molecule has 0 N–H and O–H groups in total. The van der Waals surface area contributed by atoms with Crippen LogP contribution in [0.5, 0.6) is 0 Å². The van der Waals surface area contributed by atoms with E-state index in [2.05, 4.69) is 79.7 Å². The van der Waals surface area contributed by atoms with Crippen molar-refractivity contribution in [3.8, 4) is 22.3 Å². The molecule has 0 radical (unpaired) electrons. The third-order valence-electron chi connectivity index (χ3n) is 8.05. The molecule has 3 aromatic carbocycles. The van der Waals surface area contributed by atoms with Crippen molar-refractivity contribution in [2.24, 2.45) is 17.8 Å². The van der Waals surface area contributed by atoms with Crippen LogP contribution in [-0.2, 0) is 5.41 Å². The minimum absolute atomic E-state index is 0.472. The summed E-state index contributed by atoms with van der Waals surface area (Å²) in [5.74, 6) is 2.99. The Kier molecular flexibility index (Phi) is 3.98. The molecular formula is C29H30. The Labute approximate surface area is 175 Å². The molecule has 0 aromatic heterocycles. The molecule has 0 spiro atoms. The maximum absolute atomic E-state index is 2.54. The van der Waals surface area contributed by atoms with Crippen molar-refractivity contribution >= 4 is 0 Å². The molecule has 0 saturated heterocycles. The predicted octanol–water partition coefficient (Wildman–Crippen LogP) is 7.80. The first-order valence-electron chi connectivity index (χ1n) is 11.4. The van der Waals surface area contributed by atoms with Crippen LogP contribution in [0.4, 0.5) is 0 Å². The highest BCUT2D eigenvalue weighted by Gasteiger charge is 2.51. The molecule has 3 aromatic rings. The number of hydrogen-bond donors (Lipinski definition) is 0. The van der Waals surface area contributed by atoms with Crippen molar-refractivity contribution in [1.82, 2.24) is 0 Å². The van der Waals surface area contributed by atoms with E-state index in [4.69, 9.17) is 0 Å². The van der Waals surface area contributed by atoms with Gasteiger partial charge in [-0.2, -0.15) is 0 Å². The van der Waals surface area contributed by atoms with Gasteiger partial charge < -0.3 is 0 Å². The van der Waals surface area contributed by atoms with Gasteiger partial charge in [0.05, 0.1) is 0 Å². The molecule has 7 rings (SSSR count). The van der Waals surface area contributed by atoms with E-state index < -0.39 is 0 Å². The van der Waals surface area contributed by atoms with Gasteiger partial charge in [-0.1, -0.05) is 78.4 Å². The van der Waals surface area contributed by atoms with Gasteiger partial charge >= 0.3 is 0 Å². The van der Waals surface area contributed by atoms with E-state index >= 15 is 0 Å². The lowest BCUT2D eigenvalue weighted by Crippen LogP contribution is -2.48. The van der Waals surface area contributed by atoms with Gasteiger partial charge in [-0.05, 0) is 96.4 Å². The van der Waals surface area contributed by atoms with Gasteiger partial charge in [0.25, 0.3) is 0 Å². The fourth-order valence-corrected chi connectivity index (χ4v) is 7.21. The van der Waals surface area contributed by atoms with Gasteiger partial charge in [-0.15, -0.1) is 0 Å². The van der Waals surface area contributed by atoms with Crippen molar-refractivity contribution in [2.45, 2.75) is 50.9 Å². The summed E-state index contributed by atoms with van der Waals surface area (Å²) in [6, 6.07) is 27.3. The number of aryl methyl sites for hydroxylation is 1. The molecule has 4 saturated carbocycles. The maximum atomic E-state index is 2.54. The molecule has 4 fully saturated rings. The molecule has 0 amide bonds. The molecule has 0 unspecified atom stereocenters. The summed E-state index contributed by atoms with van der Waals surface area (Å²) in [5.41, 5.74) is 8.86. The highest BCUT2D eigenvalue weighted by atomic mass is 14.6. The second-order valence-electron chi connectivity index (χ2n) is 10.2. The molecule has 0 heteroatoms. The second-order valence-corrected chi connectivity index (χ2v) is 10.2. The van der Waals surface area contributed by atoms with Crippen molar-refractivity contribution in [1.29, 1.82) is 0 Å². The largest absolute Gasteiger partial charge is 0.0622 e. The van der Waals surface area contributed by atoms with E-state index in [-0.39, 0.29) is 0 Å². The van der Waals surface area contributed by atoms with Crippen LogP contribution in [0, 0.1) is 24.7 Å². The Morgan fingerprint density at radius 2 is 1.10 bits per heavy atom. The normalized spacial score (nSPS) is 29.9. The highest BCUT2D eigenvalue weighted by Crippen LogP contribution is 2.61. The zero-order valence-corrected chi connectivity index (χ0v) is 17.4. The molecule has 4 bridgehead atoms. The van der Waals surface area contributed by atoms with E-state index in [1.54, 1.807) is 5.56 Å². The van der Waals surface area contributed by atoms with Crippen LogP contribution in [0.1, 0.15) is 49.7 Å². The smallest absolute Gasteiger partial charge is 0.00387 e. The summed E-state index contributed by atoms with van der Waals surface area (Å²) in [6.45, 7) is 2.28. The Morgan fingerprint density at radius 3 is 1.69 bits per heavy atom. The molecule has 4 aliphatic rings. The number of benzene rings is 3. The summed E-state index contributed by atoms with van der Waals surface area (Å²) in [6.07, 6.45) is 8.86. The van der Waals surface area contributed by atoms with E-state index in [1.165, 1.54) is 66.3 Å². The van der Waals surface area contributed by atoms with Crippen molar-refractivity contribution in [3.63, 3.8) is 0 Å². The Morgan fingerprint density at radius 1 is 0.586 bits per heavy atom. The Hall–Kier alpha value is -2.34. The summed E-state index contributed by atoms with van der Waals surface area (Å²) in [7, 11) is 0. The standard InChI is InChI=1S/C29H30/c1-20-11-27(26-9-7-25(8-10-26)24-5-3-2-4-6-24)16-28(12-20)29-17-21-13-22(18-29)15-23(14-21)19-29/h2-12,16,21-23H,13-15,17-19H2,1H3. The summed E-state index contributed by atoms with van der Waals surface area (Å²) >= 11 is 0. The van der Waals surface area contributed by atoms with Crippen LogP contribution in [0.3, 0.4) is 0 Å². The van der Waals surface area contributed by atoms with E-state index in [0.29, 0.717) is 5.41 Å². The highest BCUT2D eigenvalue weighted by molar-refractivity contribution is 5.71. The summed E-state index contributed by atoms with van der Waals surface area (Å²) in [4.78, 5) is 0. The van der Waals surface area contributed by atoms with Crippen molar-refractivity contribution in [2.75, 3.05) is 0 Å². The molecule has 0 heterocycles. The number of hydrogen-bond acceptors (Lipinski definition) is 0. The third kappa shape index (κ3) is 3.05. The van der Waals surface area contributed by atoms with Gasteiger partial charge in [-0.25, -0.2) is 0 Å². The zero-order valence-electron chi connectivity index (χ0n) is 17.4. The fraction of sp³-hybridized carbons (Fsp3) is 0.379. The van der Waals surface area contributed by atoms with Gasteiger partial charge in [0.2, 0.25) is 0 Å². The summed E-state index contributed by atoms with van der Waals surface area (Å²) < 4.78 is 0. The van der Waals surface area contributed by atoms with Crippen LogP contribution in [0.2, 0.25) is 0 Å². The molecule has 4 aliphatic carbocycles. The van der Waals surface area contributed by atoms with Crippen LogP contribution < -0.4 is 0 Å². The average Bonchev–Trinajstić information content (AvgIpc) is 2.73. The minimum atomic E-state index is 0.472. The van der Waals surface area contributed by atoms with Gasteiger partial charge in [-0.3, -0.25) is 0 Å². The molecule has 0 aliphatic heterocycles. The first-order chi connectivity index (χ1) is 14.2. The maximum Gasteiger partial charge on any atom is -0.00387 e. The fourth-order valence-electron chi connectivity index (χ4n) is 7.21. The quantitative estimate of drug-likeness (QED) is 0.436. The van der Waals surface area contributed by atoms with E-state index in [0.717, 1.165) is 17.8 Å². The lowest BCUT2D eigenvalue weighted by Gasteiger charge is -2.57. The van der Waals surface area contributed by atoms with Crippen molar-refractivity contribution < 1.29 is 0 Å². The molecule has 146 valence electrons. The van der Waals surface area contributed by atoms with Gasteiger partial charge in [0.1, 0.15) is 0 Å². The topological polar surface area (TPSA) is 0 Å². The van der Waals surface area contributed by atoms with Gasteiger partial charge in [0, 0.05) is 0 Å². The first kappa shape index (κ1) is 17.5.